The molecule has 0 radical (unpaired) electrons. The number of fused-ring (bicyclic) bond motifs is 20. The van der Waals surface area contributed by atoms with Crippen molar-refractivity contribution in [2.24, 2.45) is 47.3 Å². The van der Waals surface area contributed by atoms with Crippen molar-refractivity contribution in [3.8, 4) is 0 Å². The van der Waals surface area contributed by atoms with Crippen molar-refractivity contribution in [3.63, 3.8) is 0 Å². The standard InChI is InChI=1S/C32H56N8O12S4.4Na.2Ni.4H/c41-53(42,43)21-19-20(22(54(44,45)46)24(56(50,51)52)23(21)55(47,48)49)32-39-30-18-12-6-4-10-16(18)28(37-30)35-26-14-8-2-1-7-13(14)25(33-26)34-27-15-9-3-5-11-17(15)29(36-27)38-31(19)40-32;;;;;;;;;;/h13-40H,1-12H2,(H,41,42,43)(H,44,45,46)(H,47,48,49)(H,50,51,52);;;;;;;;;;/q;4*+1;2*+2;4*-1/p-4. The number of hydrogen-bond donors (Lipinski definition) is 8. The van der Waals surface area contributed by atoms with Gasteiger partial charge in [0, 0.05) is 11.8 Å². The van der Waals surface area contributed by atoms with Crippen LogP contribution in [-0.4, -0.2) is 122 Å². The van der Waals surface area contributed by atoms with E-state index in [0.29, 0.717) is 11.8 Å². The Kier molecular flexibility index (Phi) is 22.5. The maximum Gasteiger partial charge on any atom is 2.00 e. The van der Waals surface area contributed by atoms with Crippen LogP contribution in [0.3, 0.4) is 0 Å². The Hall–Kier alpha value is 4.31. The van der Waals surface area contributed by atoms with Gasteiger partial charge in [0.05, 0.1) is 90.6 Å². The van der Waals surface area contributed by atoms with Gasteiger partial charge in [-0.2, -0.15) is 0 Å². The van der Waals surface area contributed by atoms with Crippen LogP contribution in [-0.2, 0) is 73.5 Å². The predicted octanol–water partition coefficient (Wildman–Crippen LogP) is -14.8. The van der Waals surface area contributed by atoms with E-state index in [1.165, 1.54) is 0 Å². The Morgan fingerprint density at radius 1 is 0.306 bits per heavy atom. The summed E-state index contributed by atoms with van der Waals surface area (Å²) in [6.07, 6.45) is 6.60. The summed E-state index contributed by atoms with van der Waals surface area (Å²) in [6.45, 7) is 0. The predicted molar refractivity (Wildman–Crippen MR) is 197 cm³/mol. The molecular weight excluding hydrogens is 1030 g/mol. The first kappa shape index (κ1) is 60.6. The van der Waals surface area contributed by atoms with Crippen molar-refractivity contribution < 1.29 is 209 Å². The molecule has 20 atom stereocenters. The Morgan fingerprint density at radius 2 is 0.468 bits per heavy atom. The summed E-state index contributed by atoms with van der Waals surface area (Å²) in [5, 5.41) is 16.2. The van der Waals surface area contributed by atoms with E-state index in [1.54, 1.807) is 0 Å². The minimum absolute atomic E-state index is 0. The molecule has 8 N–H and O–H groups in total. The monoisotopic (exact) mass is 1080 g/mol. The summed E-state index contributed by atoms with van der Waals surface area (Å²) >= 11 is 0. The molecule has 9 fully saturated rings. The fourth-order valence-corrected chi connectivity index (χ4v) is 20.5. The van der Waals surface area contributed by atoms with E-state index in [2.05, 4.69) is 42.5 Å². The maximum atomic E-state index is 13.3. The van der Waals surface area contributed by atoms with Crippen LogP contribution in [0.5, 0.6) is 0 Å². The summed E-state index contributed by atoms with van der Waals surface area (Å²) in [7, 11) is -24.4. The van der Waals surface area contributed by atoms with Gasteiger partial charge in [-0.15, -0.1) is 0 Å². The van der Waals surface area contributed by atoms with Gasteiger partial charge >= 0.3 is 151 Å². The molecule has 8 bridgehead atoms. The molecule has 0 amide bonds. The third-order valence-electron chi connectivity index (χ3n) is 15.3. The van der Waals surface area contributed by atoms with Crippen LogP contribution >= 0.6 is 0 Å². The van der Waals surface area contributed by atoms with Gasteiger partial charge in [-0.25, -0.2) is 33.7 Å². The van der Waals surface area contributed by atoms with Crippen LogP contribution in [0.15, 0.2) is 0 Å². The van der Waals surface area contributed by atoms with Gasteiger partial charge in [-0.3, -0.25) is 42.5 Å². The smallest absolute Gasteiger partial charge is 1.00 e. The van der Waals surface area contributed by atoms with E-state index in [1.807, 2.05) is 0 Å². The quantitative estimate of drug-likeness (QED) is 0.0958. The summed E-state index contributed by atoms with van der Waals surface area (Å²) in [5.41, 5.74) is 0. The van der Waals surface area contributed by atoms with E-state index < -0.39 is 98.0 Å². The van der Waals surface area contributed by atoms with Crippen molar-refractivity contribution in [1.82, 2.24) is 42.5 Å². The first-order chi connectivity index (χ1) is 26.3. The van der Waals surface area contributed by atoms with Crippen molar-refractivity contribution >= 4 is 40.5 Å². The summed E-state index contributed by atoms with van der Waals surface area (Å²) in [5.74, 6) is -3.14. The first-order valence-electron chi connectivity index (χ1n) is 20.2. The second kappa shape index (κ2) is 23.0. The van der Waals surface area contributed by atoms with Gasteiger partial charge in [0.1, 0.15) is 20.2 Å². The van der Waals surface area contributed by atoms with E-state index in [9.17, 15) is 51.9 Å². The van der Waals surface area contributed by atoms with Gasteiger partial charge in [-0.1, -0.05) is 38.5 Å². The number of hydrogen-bond acceptors (Lipinski definition) is 20. The van der Waals surface area contributed by atoms with Gasteiger partial charge in [0.15, 0.2) is 0 Å². The molecule has 62 heavy (non-hydrogen) atoms. The second-order valence-electron chi connectivity index (χ2n) is 18.0. The molecule has 5 heterocycles. The summed E-state index contributed by atoms with van der Waals surface area (Å²) < 4.78 is 157. The molecule has 0 aromatic heterocycles. The van der Waals surface area contributed by atoms with Crippen molar-refractivity contribution in [2.75, 3.05) is 0 Å². The average Bonchev–Trinajstić information content (AvgIpc) is 3.84. The molecule has 9 aliphatic rings. The molecular formula is C32H56N8Na4Ni2O12S4. The molecule has 0 aromatic carbocycles. The van der Waals surface area contributed by atoms with E-state index in [4.69, 9.17) is 0 Å². The molecule has 20 nitrogen and oxygen atoms in total. The van der Waals surface area contributed by atoms with Gasteiger partial charge in [-0.05, 0) is 74.0 Å². The zero-order valence-corrected chi connectivity index (χ0v) is 48.4. The Labute approximate surface area is 480 Å². The van der Waals surface area contributed by atoms with Crippen LogP contribution in [0.1, 0.15) is 82.8 Å². The van der Waals surface area contributed by atoms with E-state index >= 15 is 0 Å². The van der Waals surface area contributed by atoms with Crippen LogP contribution in [0.4, 0.5) is 0 Å². The molecule has 20 unspecified atom stereocenters. The normalized spacial score (nSPS) is 46.1. The van der Waals surface area contributed by atoms with Crippen molar-refractivity contribution in [3.05, 3.63) is 0 Å². The zero-order chi connectivity index (χ0) is 39.7. The minimum Gasteiger partial charge on any atom is -1.00 e. The maximum absolute atomic E-state index is 13.3. The second-order valence-corrected chi connectivity index (χ2v) is 24.1. The van der Waals surface area contributed by atoms with E-state index in [0.717, 1.165) is 77.0 Å². The Balaban J connectivity index is 0. The van der Waals surface area contributed by atoms with Gasteiger partial charge in [0.2, 0.25) is 0 Å². The van der Waals surface area contributed by atoms with Crippen molar-refractivity contribution in [2.45, 2.75) is 147 Å². The van der Waals surface area contributed by atoms with Gasteiger partial charge < -0.3 is 23.9 Å². The van der Waals surface area contributed by atoms with Crippen LogP contribution in [0, 0.1) is 47.3 Å². The molecule has 4 saturated carbocycles. The van der Waals surface area contributed by atoms with Crippen LogP contribution < -0.4 is 161 Å². The third kappa shape index (κ3) is 11.6. The van der Waals surface area contributed by atoms with Gasteiger partial charge in [0.25, 0.3) is 0 Å². The number of rotatable bonds is 4. The molecule has 9 rings (SSSR count). The minimum atomic E-state index is -6.22. The molecule has 0 spiro atoms. The molecule has 4 aliphatic carbocycles. The van der Waals surface area contributed by atoms with Crippen molar-refractivity contribution in [1.29, 1.82) is 0 Å². The molecule has 5 aliphatic heterocycles. The topological polar surface area (TPSA) is 325 Å². The largest absolute Gasteiger partial charge is 2.00 e. The Bertz CT molecular complexity index is 1900. The summed E-state index contributed by atoms with van der Waals surface area (Å²) in [4.78, 5) is 0. The zero-order valence-electron chi connectivity index (χ0n) is 39.2. The summed E-state index contributed by atoms with van der Waals surface area (Å²) in [6, 6.07) is 0. The molecule has 0 aromatic rings. The Morgan fingerprint density at radius 3 is 0.645 bits per heavy atom. The SMILES string of the molecule is O=S(=O)([O-])C1C2C3NC4NC(NC5NC(NC6NC(NC(N3)C2C(S(=O)(=O)[O-])C(S(=O)(=O)[O-])C1S(=O)(=O)[O-])C1CCCCC61)C1CCCCC51)C1CCCCC41.[H-].[H-].[H-].[H-].[Na+].[Na+].[Na+].[Na+].[Ni+2].[Ni+2]. The average molecular weight is 1080 g/mol. The number of nitrogens with one attached hydrogen (secondary N) is 8. The fraction of sp³-hybridized carbons (Fsp3) is 1.00. The van der Waals surface area contributed by atoms with E-state index in [-0.39, 0.29) is 205 Å². The molecule has 30 heteroatoms. The molecule has 5 saturated heterocycles. The first-order valence-corrected chi connectivity index (χ1v) is 26.1. The fourth-order valence-electron chi connectivity index (χ4n) is 13.4. The molecule has 344 valence electrons. The van der Waals surface area contributed by atoms with Crippen LogP contribution in [0.25, 0.3) is 0 Å². The van der Waals surface area contributed by atoms with Crippen LogP contribution in [0.2, 0.25) is 0 Å². The third-order valence-corrected chi connectivity index (χ3v) is 20.9.